The minimum absolute atomic E-state index is 0.466. The van der Waals surface area contributed by atoms with Crippen LogP contribution in [0, 0.1) is 11.8 Å². The summed E-state index contributed by atoms with van der Waals surface area (Å²) in [7, 11) is 0. The highest BCUT2D eigenvalue weighted by Crippen LogP contribution is 2.32. The van der Waals surface area contributed by atoms with Crippen molar-refractivity contribution in [2.24, 2.45) is 11.8 Å². The summed E-state index contributed by atoms with van der Waals surface area (Å²) in [6.45, 7) is 5.45. The van der Waals surface area contributed by atoms with Crippen LogP contribution in [0.2, 0.25) is 0 Å². The molecule has 0 aromatic carbocycles. The highest BCUT2D eigenvalue weighted by molar-refractivity contribution is 9.10. The third-order valence-corrected chi connectivity index (χ3v) is 5.18. The molecule has 16 heavy (non-hydrogen) atoms. The van der Waals surface area contributed by atoms with E-state index in [9.17, 15) is 0 Å². The molecule has 1 aromatic heterocycles. The largest absolute Gasteiger partial charge is 0.373 e. The van der Waals surface area contributed by atoms with Crippen LogP contribution >= 0.6 is 27.3 Å². The van der Waals surface area contributed by atoms with E-state index in [0.717, 1.165) is 18.4 Å². The minimum atomic E-state index is 0.466. The van der Waals surface area contributed by atoms with Gasteiger partial charge in [-0.1, -0.05) is 13.8 Å². The van der Waals surface area contributed by atoms with Gasteiger partial charge in [0.2, 0.25) is 0 Å². The molecule has 1 aliphatic rings. The molecule has 2 atom stereocenters. The monoisotopic (exact) mass is 302 g/mol. The number of ether oxygens (including phenoxy) is 1. The van der Waals surface area contributed by atoms with Gasteiger partial charge < -0.3 is 4.74 Å². The Morgan fingerprint density at radius 3 is 2.56 bits per heavy atom. The van der Waals surface area contributed by atoms with Crippen LogP contribution in [0.5, 0.6) is 0 Å². The van der Waals surface area contributed by atoms with Crippen molar-refractivity contribution in [3.8, 4) is 0 Å². The lowest BCUT2D eigenvalue weighted by atomic mass is 9.82. The molecule has 0 N–H and O–H groups in total. The predicted molar refractivity (Wildman–Crippen MR) is 72.8 cm³/mol. The summed E-state index contributed by atoms with van der Waals surface area (Å²) in [5.41, 5.74) is 0. The molecule has 1 heterocycles. The third kappa shape index (κ3) is 3.31. The molecule has 0 amide bonds. The summed E-state index contributed by atoms with van der Waals surface area (Å²) in [4.78, 5) is 1.31. The van der Waals surface area contributed by atoms with Crippen molar-refractivity contribution in [1.29, 1.82) is 0 Å². The van der Waals surface area contributed by atoms with Crippen LogP contribution in [0.15, 0.2) is 15.9 Å². The maximum atomic E-state index is 6.03. The maximum absolute atomic E-state index is 6.03. The summed E-state index contributed by atoms with van der Waals surface area (Å²) < 4.78 is 7.22. The minimum Gasteiger partial charge on any atom is -0.373 e. The lowest BCUT2D eigenvalue weighted by Gasteiger charge is -2.31. The quantitative estimate of drug-likeness (QED) is 0.775. The first-order chi connectivity index (χ1) is 7.65. The molecular weight excluding hydrogens is 284 g/mol. The van der Waals surface area contributed by atoms with E-state index in [-0.39, 0.29) is 0 Å². The van der Waals surface area contributed by atoms with Gasteiger partial charge in [-0.15, -0.1) is 11.3 Å². The Balaban J connectivity index is 1.84. The molecule has 0 bridgehead atoms. The van der Waals surface area contributed by atoms with Crippen LogP contribution in [-0.4, -0.2) is 6.10 Å². The molecule has 2 unspecified atom stereocenters. The van der Waals surface area contributed by atoms with Crippen LogP contribution < -0.4 is 0 Å². The molecule has 1 aromatic rings. The molecule has 3 heteroatoms. The molecule has 2 rings (SSSR count). The second-order valence-corrected chi connectivity index (χ2v) is 6.90. The van der Waals surface area contributed by atoms with Gasteiger partial charge in [0.05, 0.1) is 12.7 Å². The number of halogens is 1. The summed E-state index contributed by atoms with van der Waals surface area (Å²) in [6.07, 6.45) is 4.29. The van der Waals surface area contributed by atoms with Gasteiger partial charge in [0.1, 0.15) is 0 Å². The van der Waals surface area contributed by atoms with Crippen LogP contribution in [-0.2, 0) is 11.3 Å². The van der Waals surface area contributed by atoms with Crippen LogP contribution in [0.1, 0.15) is 38.0 Å². The maximum Gasteiger partial charge on any atom is 0.0824 e. The Bertz CT molecular complexity index is 326. The number of hydrogen-bond acceptors (Lipinski definition) is 2. The molecule has 0 saturated heterocycles. The molecule has 0 spiro atoms. The summed E-state index contributed by atoms with van der Waals surface area (Å²) in [5, 5.41) is 2.11. The number of hydrogen-bond donors (Lipinski definition) is 0. The van der Waals surface area contributed by atoms with Crippen molar-refractivity contribution in [2.45, 2.75) is 45.8 Å². The van der Waals surface area contributed by atoms with E-state index >= 15 is 0 Å². The average Bonchev–Trinajstić information content (AvgIpc) is 2.59. The van der Waals surface area contributed by atoms with Gasteiger partial charge in [-0.05, 0) is 58.5 Å². The van der Waals surface area contributed by atoms with Gasteiger partial charge in [-0.3, -0.25) is 0 Å². The van der Waals surface area contributed by atoms with Crippen molar-refractivity contribution in [2.75, 3.05) is 0 Å². The molecule has 1 fully saturated rings. The Morgan fingerprint density at radius 2 is 2.00 bits per heavy atom. The fraction of sp³-hybridized carbons (Fsp3) is 0.692. The first kappa shape index (κ1) is 12.6. The Kier molecular flexibility index (Phi) is 4.45. The SMILES string of the molecule is CC1CC(C)CC(OCc2sccc2Br)C1. The predicted octanol–water partition coefficient (Wildman–Crippen LogP) is 4.85. The molecule has 0 aliphatic heterocycles. The van der Waals surface area contributed by atoms with E-state index < -0.39 is 0 Å². The third-order valence-electron chi connectivity index (χ3n) is 3.28. The van der Waals surface area contributed by atoms with Gasteiger partial charge in [0.15, 0.2) is 0 Å². The Morgan fingerprint density at radius 1 is 1.31 bits per heavy atom. The van der Waals surface area contributed by atoms with Gasteiger partial charge in [0.25, 0.3) is 0 Å². The van der Waals surface area contributed by atoms with Crippen molar-refractivity contribution in [3.05, 3.63) is 20.8 Å². The fourth-order valence-corrected chi connectivity index (χ4v) is 4.02. The zero-order chi connectivity index (χ0) is 11.5. The standard InChI is InChI=1S/C13H19BrOS/c1-9-5-10(2)7-11(6-9)15-8-13-12(14)3-4-16-13/h3-4,9-11H,5-8H2,1-2H3. The molecule has 1 aliphatic carbocycles. The normalized spacial score (nSPS) is 30.6. The summed E-state index contributed by atoms with van der Waals surface area (Å²) in [6, 6.07) is 2.09. The molecule has 1 nitrogen and oxygen atoms in total. The average molecular weight is 303 g/mol. The van der Waals surface area contributed by atoms with Gasteiger partial charge >= 0.3 is 0 Å². The van der Waals surface area contributed by atoms with Crippen molar-refractivity contribution in [3.63, 3.8) is 0 Å². The van der Waals surface area contributed by atoms with E-state index in [0.29, 0.717) is 6.10 Å². The van der Waals surface area contributed by atoms with E-state index in [1.165, 1.54) is 28.6 Å². The lowest BCUT2D eigenvalue weighted by molar-refractivity contribution is -0.00822. The van der Waals surface area contributed by atoms with Crippen molar-refractivity contribution >= 4 is 27.3 Å². The number of thiophene rings is 1. The van der Waals surface area contributed by atoms with E-state index in [1.807, 2.05) is 0 Å². The van der Waals surface area contributed by atoms with Crippen LogP contribution in [0.4, 0.5) is 0 Å². The first-order valence-corrected chi connectivity index (χ1v) is 7.66. The highest BCUT2D eigenvalue weighted by atomic mass is 79.9. The van der Waals surface area contributed by atoms with Gasteiger partial charge in [-0.2, -0.15) is 0 Å². The molecule has 0 radical (unpaired) electrons. The summed E-state index contributed by atoms with van der Waals surface area (Å²) >= 11 is 5.31. The Labute approximate surface area is 110 Å². The second kappa shape index (κ2) is 5.65. The van der Waals surface area contributed by atoms with E-state index in [4.69, 9.17) is 4.74 Å². The molecule has 1 saturated carbocycles. The first-order valence-electron chi connectivity index (χ1n) is 5.98. The topological polar surface area (TPSA) is 9.23 Å². The second-order valence-electron chi connectivity index (χ2n) is 5.04. The van der Waals surface area contributed by atoms with Crippen LogP contribution in [0.3, 0.4) is 0 Å². The Hall–Kier alpha value is 0.140. The zero-order valence-electron chi connectivity index (χ0n) is 9.91. The highest BCUT2D eigenvalue weighted by Gasteiger charge is 2.24. The van der Waals surface area contributed by atoms with Crippen LogP contribution in [0.25, 0.3) is 0 Å². The molecular formula is C13H19BrOS. The van der Waals surface area contributed by atoms with Gasteiger partial charge in [0, 0.05) is 9.35 Å². The van der Waals surface area contributed by atoms with E-state index in [1.54, 1.807) is 11.3 Å². The van der Waals surface area contributed by atoms with E-state index in [2.05, 4.69) is 41.2 Å². The lowest BCUT2D eigenvalue weighted by Crippen LogP contribution is -2.26. The zero-order valence-corrected chi connectivity index (χ0v) is 12.3. The van der Waals surface area contributed by atoms with Gasteiger partial charge in [-0.25, -0.2) is 0 Å². The fourth-order valence-electron chi connectivity index (χ4n) is 2.63. The van der Waals surface area contributed by atoms with Crippen molar-refractivity contribution < 1.29 is 4.74 Å². The smallest absolute Gasteiger partial charge is 0.0824 e. The molecule has 90 valence electrons. The van der Waals surface area contributed by atoms with Crippen molar-refractivity contribution in [1.82, 2.24) is 0 Å². The summed E-state index contributed by atoms with van der Waals surface area (Å²) in [5.74, 6) is 1.64. The number of rotatable bonds is 3.